The first-order chi connectivity index (χ1) is 10.2. The fraction of sp³-hybridized carbons (Fsp3) is 0. The van der Waals surface area contributed by atoms with E-state index in [2.05, 4.69) is 22.0 Å². The molecular formula is C17H12BrN3. The number of hydrogen-bond acceptors (Lipinski definition) is 2. The molecule has 0 aliphatic heterocycles. The fourth-order valence-electron chi connectivity index (χ4n) is 2.29. The normalized spacial score (nSPS) is 10.3. The van der Waals surface area contributed by atoms with Crippen molar-refractivity contribution in [2.75, 3.05) is 5.73 Å². The van der Waals surface area contributed by atoms with Crippen LogP contribution >= 0.6 is 15.9 Å². The minimum atomic E-state index is 0.457. The van der Waals surface area contributed by atoms with E-state index in [4.69, 9.17) is 5.73 Å². The molecule has 0 atom stereocenters. The Kier molecular flexibility index (Phi) is 3.51. The van der Waals surface area contributed by atoms with E-state index in [0.717, 1.165) is 21.3 Å². The Bertz CT molecular complexity index is 812. The molecule has 0 radical (unpaired) electrons. The summed E-state index contributed by atoms with van der Waals surface area (Å²) in [6, 6.07) is 19.8. The van der Waals surface area contributed by atoms with Gasteiger partial charge in [0.1, 0.15) is 17.5 Å². The first-order valence-corrected chi connectivity index (χ1v) is 7.22. The van der Waals surface area contributed by atoms with Gasteiger partial charge in [0.2, 0.25) is 0 Å². The topological polar surface area (TPSA) is 54.7 Å². The third kappa shape index (κ3) is 2.44. The van der Waals surface area contributed by atoms with E-state index in [0.29, 0.717) is 11.4 Å². The summed E-state index contributed by atoms with van der Waals surface area (Å²) in [6.45, 7) is 0. The van der Waals surface area contributed by atoms with Gasteiger partial charge in [-0.15, -0.1) is 0 Å². The highest BCUT2D eigenvalue weighted by Gasteiger charge is 2.15. The summed E-state index contributed by atoms with van der Waals surface area (Å²) in [7, 11) is 0. The largest absolute Gasteiger partial charge is 0.384 e. The number of benzene rings is 2. The molecule has 1 heterocycles. The second-order valence-corrected chi connectivity index (χ2v) is 5.54. The Morgan fingerprint density at radius 3 is 2.29 bits per heavy atom. The predicted octanol–water partition coefficient (Wildman–Crippen LogP) is 4.36. The van der Waals surface area contributed by atoms with Crippen molar-refractivity contribution in [1.82, 2.24) is 4.57 Å². The Labute approximate surface area is 131 Å². The molecule has 21 heavy (non-hydrogen) atoms. The predicted molar refractivity (Wildman–Crippen MR) is 88.0 cm³/mol. The zero-order valence-electron chi connectivity index (χ0n) is 11.1. The number of aromatic nitrogens is 1. The molecule has 0 bridgehead atoms. The van der Waals surface area contributed by atoms with Crippen molar-refractivity contribution in [3.63, 3.8) is 0 Å². The fourth-order valence-corrected chi connectivity index (χ4v) is 2.56. The average molecular weight is 338 g/mol. The van der Waals surface area contributed by atoms with Crippen LogP contribution in [-0.2, 0) is 0 Å². The molecule has 0 aliphatic carbocycles. The van der Waals surface area contributed by atoms with Crippen molar-refractivity contribution in [1.29, 1.82) is 5.26 Å². The van der Waals surface area contributed by atoms with E-state index in [1.807, 2.05) is 65.4 Å². The molecular weight excluding hydrogens is 326 g/mol. The number of anilines is 1. The molecule has 3 aromatic rings. The third-order valence-electron chi connectivity index (χ3n) is 3.34. The Morgan fingerprint density at radius 1 is 1.00 bits per heavy atom. The number of hydrogen-bond donors (Lipinski definition) is 1. The van der Waals surface area contributed by atoms with Crippen LogP contribution < -0.4 is 5.73 Å². The highest BCUT2D eigenvalue weighted by atomic mass is 79.9. The van der Waals surface area contributed by atoms with Crippen LogP contribution in [0.25, 0.3) is 16.8 Å². The maximum Gasteiger partial charge on any atom is 0.126 e. The molecule has 3 nitrogen and oxygen atoms in total. The third-order valence-corrected chi connectivity index (χ3v) is 3.87. The van der Waals surface area contributed by atoms with E-state index in [1.54, 1.807) is 0 Å². The number of nitrogens with two attached hydrogens (primary N) is 1. The molecule has 0 saturated heterocycles. The summed E-state index contributed by atoms with van der Waals surface area (Å²) in [5, 5.41) is 9.41. The molecule has 0 fully saturated rings. The average Bonchev–Trinajstić information content (AvgIpc) is 2.86. The van der Waals surface area contributed by atoms with E-state index in [1.165, 1.54) is 0 Å². The molecule has 4 heteroatoms. The van der Waals surface area contributed by atoms with E-state index in [-0.39, 0.29) is 0 Å². The smallest absolute Gasteiger partial charge is 0.126 e. The van der Waals surface area contributed by atoms with E-state index >= 15 is 0 Å². The second kappa shape index (κ2) is 5.47. The van der Waals surface area contributed by atoms with Crippen LogP contribution in [0, 0.1) is 11.3 Å². The van der Waals surface area contributed by atoms with Gasteiger partial charge < -0.3 is 10.3 Å². The van der Waals surface area contributed by atoms with E-state index < -0.39 is 0 Å². The summed E-state index contributed by atoms with van der Waals surface area (Å²) in [5.41, 5.74) is 9.41. The molecule has 2 aromatic carbocycles. The van der Waals surface area contributed by atoms with Gasteiger partial charge in [0, 0.05) is 21.9 Å². The maximum absolute atomic E-state index is 9.41. The summed E-state index contributed by atoms with van der Waals surface area (Å²) in [6.07, 6.45) is 1.91. The summed E-state index contributed by atoms with van der Waals surface area (Å²) >= 11 is 3.41. The van der Waals surface area contributed by atoms with E-state index in [9.17, 15) is 5.26 Å². The van der Waals surface area contributed by atoms with Crippen molar-refractivity contribution in [3.05, 3.63) is 70.8 Å². The minimum Gasteiger partial charge on any atom is -0.384 e. The van der Waals surface area contributed by atoms with Gasteiger partial charge in [0.25, 0.3) is 0 Å². The lowest BCUT2D eigenvalue weighted by Crippen LogP contribution is -1.99. The maximum atomic E-state index is 9.41. The molecule has 3 rings (SSSR count). The van der Waals surface area contributed by atoms with Crippen LogP contribution in [0.2, 0.25) is 0 Å². The number of rotatable bonds is 2. The van der Waals surface area contributed by atoms with Gasteiger partial charge in [-0.1, -0.05) is 46.3 Å². The van der Waals surface area contributed by atoms with Crippen LogP contribution in [0.1, 0.15) is 5.56 Å². The number of nitrogen functional groups attached to an aromatic ring is 1. The first-order valence-electron chi connectivity index (χ1n) is 6.43. The SMILES string of the molecule is N#Cc1c(-c2ccccc2)cn(-c2ccc(Br)cc2)c1N. The molecule has 0 amide bonds. The lowest BCUT2D eigenvalue weighted by Gasteiger charge is -2.05. The van der Waals surface area contributed by atoms with Crippen LogP contribution in [-0.4, -0.2) is 4.57 Å². The Hall–Kier alpha value is -2.51. The van der Waals surface area contributed by atoms with Gasteiger partial charge in [0.15, 0.2) is 0 Å². The molecule has 0 spiro atoms. The molecule has 1 aromatic heterocycles. The van der Waals surface area contributed by atoms with Gasteiger partial charge in [-0.2, -0.15) is 5.26 Å². The second-order valence-electron chi connectivity index (χ2n) is 4.63. The van der Waals surface area contributed by atoms with Gasteiger partial charge in [-0.05, 0) is 29.8 Å². The van der Waals surface area contributed by atoms with Crippen molar-refractivity contribution in [2.24, 2.45) is 0 Å². The van der Waals surface area contributed by atoms with Gasteiger partial charge in [0.05, 0.1) is 0 Å². The minimum absolute atomic E-state index is 0.457. The van der Waals surface area contributed by atoms with Gasteiger partial charge in [-0.3, -0.25) is 0 Å². The highest BCUT2D eigenvalue weighted by Crippen LogP contribution is 2.31. The van der Waals surface area contributed by atoms with Crippen molar-refractivity contribution in [3.8, 4) is 22.9 Å². The molecule has 0 saturated carbocycles. The Morgan fingerprint density at radius 2 is 1.67 bits per heavy atom. The quantitative estimate of drug-likeness (QED) is 0.755. The first kappa shape index (κ1) is 13.5. The Balaban J connectivity index is 2.19. The lowest BCUT2D eigenvalue weighted by atomic mass is 10.1. The van der Waals surface area contributed by atoms with Crippen LogP contribution in [0.15, 0.2) is 65.3 Å². The number of nitriles is 1. The summed E-state index contributed by atoms with van der Waals surface area (Å²) in [4.78, 5) is 0. The monoisotopic (exact) mass is 337 g/mol. The van der Waals surface area contributed by atoms with Gasteiger partial charge >= 0.3 is 0 Å². The molecule has 0 aliphatic rings. The van der Waals surface area contributed by atoms with Gasteiger partial charge in [-0.25, -0.2) is 0 Å². The molecule has 102 valence electrons. The molecule has 0 unspecified atom stereocenters. The van der Waals surface area contributed by atoms with Crippen molar-refractivity contribution in [2.45, 2.75) is 0 Å². The summed E-state index contributed by atoms with van der Waals surface area (Å²) < 4.78 is 2.84. The zero-order valence-corrected chi connectivity index (χ0v) is 12.7. The lowest BCUT2D eigenvalue weighted by molar-refractivity contribution is 1.09. The van der Waals surface area contributed by atoms with Crippen molar-refractivity contribution >= 4 is 21.7 Å². The zero-order chi connectivity index (χ0) is 14.8. The van der Waals surface area contributed by atoms with Crippen LogP contribution in [0.3, 0.4) is 0 Å². The van der Waals surface area contributed by atoms with Crippen molar-refractivity contribution < 1.29 is 0 Å². The number of nitrogens with zero attached hydrogens (tertiary/aromatic N) is 2. The standard InChI is InChI=1S/C17H12BrN3/c18-13-6-8-14(9-7-13)21-11-16(15(10-19)17(21)20)12-4-2-1-3-5-12/h1-9,11H,20H2. The summed E-state index contributed by atoms with van der Waals surface area (Å²) in [5.74, 6) is 0.457. The number of halogens is 1. The van der Waals surface area contributed by atoms with Crippen LogP contribution in [0.4, 0.5) is 5.82 Å². The highest BCUT2D eigenvalue weighted by molar-refractivity contribution is 9.10. The van der Waals surface area contributed by atoms with Crippen LogP contribution in [0.5, 0.6) is 0 Å². The molecule has 2 N–H and O–H groups in total.